The Hall–Kier alpha value is -0.610. The summed E-state index contributed by atoms with van der Waals surface area (Å²) in [6.07, 6.45) is 4.66. The van der Waals surface area contributed by atoms with Crippen LogP contribution in [0, 0.1) is 0 Å². The molecule has 0 bridgehead atoms. The molecule has 0 atom stereocenters. The van der Waals surface area contributed by atoms with Crippen LogP contribution in [-0.4, -0.2) is 22.2 Å². The van der Waals surface area contributed by atoms with Gasteiger partial charge < -0.3 is 10.4 Å². The average Bonchev–Trinajstić information content (AvgIpc) is 2.12. The number of hydrogen-bond donors (Lipinski definition) is 2. The first-order valence-corrected chi connectivity index (χ1v) is 5.55. The lowest BCUT2D eigenvalue weighted by molar-refractivity contribution is -0.0202. The number of nitrogens with one attached hydrogen (secondary N) is 1. The van der Waals surface area contributed by atoms with Crippen molar-refractivity contribution in [1.82, 2.24) is 4.98 Å². The van der Waals surface area contributed by atoms with Crippen molar-refractivity contribution in [2.45, 2.75) is 24.9 Å². The average molecular weight is 257 g/mol. The van der Waals surface area contributed by atoms with E-state index in [-0.39, 0.29) is 0 Å². The van der Waals surface area contributed by atoms with Crippen molar-refractivity contribution in [2.75, 3.05) is 11.9 Å². The van der Waals surface area contributed by atoms with Crippen molar-refractivity contribution in [3.05, 3.63) is 22.8 Å². The maximum Gasteiger partial charge on any atom is 0.127 e. The molecule has 0 radical (unpaired) electrons. The van der Waals surface area contributed by atoms with Gasteiger partial charge in [-0.2, -0.15) is 0 Å². The summed E-state index contributed by atoms with van der Waals surface area (Å²) < 4.78 is 0.996. The molecule has 4 heteroatoms. The molecule has 1 fully saturated rings. The summed E-state index contributed by atoms with van der Waals surface area (Å²) in [6.45, 7) is 0.594. The Morgan fingerprint density at radius 2 is 2.36 bits per heavy atom. The number of aliphatic hydroxyl groups is 1. The third kappa shape index (κ3) is 2.25. The largest absolute Gasteiger partial charge is 0.388 e. The fourth-order valence-corrected chi connectivity index (χ4v) is 1.85. The van der Waals surface area contributed by atoms with Crippen molar-refractivity contribution >= 4 is 21.7 Å². The summed E-state index contributed by atoms with van der Waals surface area (Å²) in [6, 6.07) is 3.78. The highest BCUT2D eigenvalue weighted by molar-refractivity contribution is 9.10. The molecule has 0 amide bonds. The van der Waals surface area contributed by atoms with Crippen molar-refractivity contribution in [3.63, 3.8) is 0 Å². The lowest BCUT2D eigenvalue weighted by atomic mass is 9.80. The number of aromatic nitrogens is 1. The molecule has 76 valence electrons. The molecule has 3 nitrogen and oxygen atoms in total. The highest BCUT2D eigenvalue weighted by Gasteiger charge is 2.33. The summed E-state index contributed by atoms with van der Waals surface area (Å²) in [5, 5.41) is 13.0. The maximum atomic E-state index is 9.84. The molecule has 1 aromatic heterocycles. The Bertz CT molecular complexity index is 326. The number of pyridine rings is 1. The molecule has 2 rings (SSSR count). The molecule has 0 unspecified atom stereocenters. The third-order valence-electron chi connectivity index (χ3n) is 2.60. The molecule has 1 heterocycles. The Labute approximate surface area is 91.7 Å². The third-order valence-corrected chi connectivity index (χ3v) is 3.10. The number of nitrogens with zero attached hydrogens (tertiary/aromatic N) is 1. The lowest BCUT2D eigenvalue weighted by Crippen LogP contribution is -2.43. The van der Waals surface area contributed by atoms with Crippen molar-refractivity contribution in [3.8, 4) is 0 Å². The Kier molecular flexibility index (Phi) is 2.74. The van der Waals surface area contributed by atoms with E-state index >= 15 is 0 Å². The molecule has 2 N–H and O–H groups in total. The standard InChI is InChI=1S/C10H13BrN2O/c11-8-2-5-12-9(6-8)13-7-10(14)3-1-4-10/h2,5-6,14H,1,3-4,7H2,(H,12,13). The zero-order chi connectivity index (χ0) is 10.0. The lowest BCUT2D eigenvalue weighted by Gasteiger charge is -2.36. The zero-order valence-electron chi connectivity index (χ0n) is 7.83. The summed E-state index contributed by atoms with van der Waals surface area (Å²) in [4.78, 5) is 4.15. The first kappa shape index (κ1) is 9.93. The van der Waals surface area contributed by atoms with Gasteiger partial charge >= 0.3 is 0 Å². The van der Waals surface area contributed by atoms with Gasteiger partial charge in [-0.3, -0.25) is 0 Å². The second kappa shape index (κ2) is 3.87. The Morgan fingerprint density at radius 1 is 1.57 bits per heavy atom. The number of halogens is 1. The predicted molar refractivity (Wildman–Crippen MR) is 59.2 cm³/mol. The minimum absolute atomic E-state index is 0.496. The second-order valence-corrected chi connectivity index (χ2v) is 4.71. The van der Waals surface area contributed by atoms with Crippen LogP contribution in [0.5, 0.6) is 0 Å². The van der Waals surface area contributed by atoms with Crippen LogP contribution >= 0.6 is 15.9 Å². The van der Waals surface area contributed by atoms with Gasteiger partial charge in [0, 0.05) is 17.2 Å². The fourth-order valence-electron chi connectivity index (χ4n) is 1.52. The smallest absolute Gasteiger partial charge is 0.127 e. The van der Waals surface area contributed by atoms with Crippen LogP contribution in [-0.2, 0) is 0 Å². The van der Waals surface area contributed by atoms with E-state index in [4.69, 9.17) is 0 Å². The van der Waals surface area contributed by atoms with Crippen LogP contribution in [0.15, 0.2) is 22.8 Å². The monoisotopic (exact) mass is 256 g/mol. The van der Waals surface area contributed by atoms with E-state index in [0.717, 1.165) is 29.6 Å². The summed E-state index contributed by atoms with van der Waals surface area (Å²) in [7, 11) is 0. The minimum atomic E-state index is -0.496. The fraction of sp³-hybridized carbons (Fsp3) is 0.500. The van der Waals surface area contributed by atoms with Gasteiger partial charge in [0.1, 0.15) is 5.82 Å². The van der Waals surface area contributed by atoms with Crippen LogP contribution in [0.2, 0.25) is 0 Å². The predicted octanol–water partition coefficient (Wildman–Crippen LogP) is 2.17. The molecule has 1 aliphatic rings. The van der Waals surface area contributed by atoms with Gasteiger partial charge in [0.25, 0.3) is 0 Å². The molecule has 0 aromatic carbocycles. The summed E-state index contributed by atoms with van der Waals surface area (Å²) >= 11 is 3.37. The maximum absolute atomic E-state index is 9.84. The van der Waals surface area contributed by atoms with Gasteiger partial charge in [-0.15, -0.1) is 0 Å². The van der Waals surface area contributed by atoms with Crippen LogP contribution in [0.4, 0.5) is 5.82 Å². The number of anilines is 1. The molecule has 0 aliphatic heterocycles. The van der Waals surface area contributed by atoms with E-state index in [1.807, 2.05) is 12.1 Å². The van der Waals surface area contributed by atoms with Gasteiger partial charge in [-0.1, -0.05) is 15.9 Å². The molecule has 0 spiro atoms. The molecular formula is C10H13BrN2O. The Balaban J connectivity index is 1.91. The highest BCUT2D eigenvalue weighted by Crippen LogP contribution is 2.31. The van der Waals surface area contributed by atoms with Crippen LogP contribution in [0.3, 0.4) is 0 Å². The normalized spacial score (nSPS) is 18.7. The van der Waals surface area contributed by atoms with E-state index in [9.17, 15) is 5.11 Å². The topological polar surface area (TPSA) is 45.1 Å². The van der Waals surface area contributed by atoms with Gasteiger partial charge in [0.05, 0.1) is 5.60 Å². The van der Waals surface area contributed by atoms with E-state index in [0.29, 0.717) is 6.54 Å². The van der Waals surface area contributed by atoms with Crippen LogP contribution < -0.4 is 5.32 Å². The van der Waals surface area contributed by atoms with Crippen molar-refractivity contribution in [2.24, 2.45) is 0 Å². The van der Waals surface area contributed by atoms with Crippen LogP contribution in [0.25, 0.3) is 0 Å². The van der Waals surface area contributed by atoms with Gasteiger partial charge in [-0.05, 0) is 31.4 Å². The van der Waals surface area contributed by atoms with E-state index in [2.05, 4.69) is 26.2 Å². The molecule has 14 heavy (non-hydrogen) atoms. The molecule has 1 aliphatic carbocycles. The molecule has 0 saturated heterocycles. The number of hydrogen-bond acceptors (Lipinski definition) is 3. The van der Waals surface area contributed by atoms with Gasteiger partial charge in [0.15, 0.2) is 0 Å². The second-order valence-electron chi connectivity index (χ2n) is 3.79. The van der Waals surface area contributed by atoms with E-state index in [1.165, 1.54) is 0 Å². The van der Waals surface area contributed by atoms with Crippen LogP contribution in [0.1, 0.15) is 19.3 Å². The van der Waals surface area contributed by atoms with Gasteiger partial charge in [0.2, 0.25) is 0 Å². The molecule has 1 aromatic rings. The minimum Gasteiger partial charge on any atom is -0.388 e. The summed E-state index contributed by atoms with van der Waals surface area (Å²) in [5.41, 5.74) is -0.496. The van der Waals surface area contributed by atoms with E-state index in [1.54, 1.807) is 6.20 Å². The SMILES string of the molecule is OC1(CNc2cc(Br)ccn2)CCC1. The first-order valence-electron chi connectivity index (χ1n) is 4.76. The quantitative estimate of drug-likeness (QED) is 0.872. The van der Waals surface area contributed by atoms with Gasteiger partial charge in [-0.25, -0.2) is 4.98 Å². The zero-order valence-corrected chi connectivity index (χ0v) is 9.42. The van der Waals surface area contributed by atoms with Crippen molar-refractivity contribution < 1.29 is 5.11 Å². The highest BCUT2D eigenvalue weighted by atomic mass is 79.9. The number of rotatable bonds is 3. The Morgan fingerprint density at radius 3 is 2.93 bits per heavy atom. The van der Waals surface area contributed by atoms with E-state index < -0.39 is 5.60 Å². The molecular weight excluding hydrogens is 244 g/mol. The first-order chi connectivity index (χ1) is 6.68. The summed E-state index contributed by atoms with van der Waals surface area (Å²) in [5.74, 6) is 0.805. The van der Waals surface area contributed by atoms with Crippen molar-refractivity contribution in [1.29, 1.82) is 0 Å². The molecule has 1 saturated carbocycles.